The Bertz CT molecular complexity index is 8070. The van der Waals surface area contributed by atoms with Crippen molar-refractivity contribution in [1.29, 1.82) is 0 Å². The van der Waals surface area contributed by atoms with Gasteiger partial charge in [-0.2, -0.15) is 0 Å². The first-order valence-corrected chi connectivity index (χ1v) is 37.4. The van der Waals surface area contributed by atoms with Crippen LogP contribution < -0.4 is 22.2 Å². The molecule has 108 heavy (non-hydrogen) atoms. The van der Waals surface area contributed by atoms with Crippen LogP contribution in [0.25, 0.3) is 239 Å². The number of rotatable bonds is 0. The lowest BCUT2D eigenvalue weighted by Crippen LogP contribution is -2.17. The van der Waals surface area contributed by atoms with Gasteiger partial charge in [-0.3, -0.25) is 36.8 Å². The molecule has 0 aliphatic rings. The van der Waals surface area contributed by atoms with Crippen molar-refractivity contribution in [2.75, 3.05) is 0 Å². The summed E-state index contributed by atoms with van der Waals surface area (Å²) in [6.07, 6.45) is 0. The van der Waals surface area contributed by atoms with Crippen molar-refractivity contribution in [2.45, 2.75) is 0 Å². The minimum Gasteiger partial charge on any atom is -0.268 e. The van der Waals surface area contributed by atoms with Gasteiger partial charge in [-0.25, -0.2) is 19.9 Å². The fourth-order valence-corrected chi connectivity index (χ4v) is 21.5. The summed E-state index contributed by atoms with van der Waals surface area (Å²) in [5.41, 5.74) is 6.90. The van der Waals surface area contributed by atoms with E-state index in [1.165, 1.54) is 0 Å². The molecule has 20 heteroatoms. The second kappa shape index (κ2) is 20.4. The number of nitrogens with zero attached hydrogens (tertiary/aromatic N) is 8. The zero-order chi connectivity index (χ0) is 72.1. The molecule has 0 fully saturated rings. The Labute approximate surface area is 639 Å². The molecule has 0 saturated carbocycles. The van der Waals surface area contributed by atoms with Crippen LogP contribution in [-0.4, -0.2) is 37.5 Å². The van der Waals surface area contributed by atoms with Gasteiger partial charge in [0, 0.05) is 169 Å². The van der Waals surface area contributed by atoms with Gasteiger partial charge >= 0.3 is 0 Å². The van der Waals surface area contributed by atoms with Gasteiger partial charge in [-0.15, -0.1) is 0 Å². The number of benzene rings is 18. The maximum atomic E-state index is 14.7. The van der Waals surface area contributed by atoms with E-state index in [9.17, 15) is 19.2 Å². The second-order valence-corrected chi connectivity index (χ2v) is 31.4. The van der Waals surface area contributed by atoms with Crippen molar-refractivity contribution in [3.8, 4) is 0 Å². The van der Waals surface area contributed by atoms with Crippen LogP contribution in [0.15, 0.2) is 213 Å². The van der Waals surface area contributed by atoms with Gasteiger partial charge in [-0.05, 0) is 119 Å². The minimum atomic E-state index is -0.255. The van der Waals surface area contributed by atoms with Gasteiger partial charge in [0.05, 0.1) is 65.7 Å². The summed E-state index contributed by atoms with van der Waals surface area (Å²) in [5.74, 6) is 0. The average molecular weight is 1550 g/mol. The van der Waals surface area contributed by atoms with Crippen molar-refractivity contribution in [3.63, 3.8) is 0 Å². The fourth-order valence-electron chi connectivity index (χ4n) is 19.1. The zero-order valence-corrected chi connectivity index (χ0v) is 60.8. The van der Waals surface area contributed by atoms with Gasteiger partial charge in [0.1, 0.15) is 22.6 Å². The van der Waals surface area contributed by atoms with Crippen molar-refractivity contribution in [3.05, 3.63) is 276 Å². The van der Waals surface area contributed by atoms with E-state index in [1.807, 2.05) is 170 Å². The highest BCUT2D eigenvalue weighted by atomic mass is 35.5. The summed E-state index contributed by atoms with van der Waals surface area (Å²) in [5, 5.41) is 25.0. The minimum absolute atomic E-state index is 0.255. The lowest BCUT2D eigenvalue weighted by molar-refractivity contribution is 1.15. The summed E-state index contributed by atoms with van der Waals surface area (Å²) in [4.78, 5) is 79.3. The molecule has 0 saturated heterocycles. The third-order valence-electron chi connectivity index (χ3n) is 23.1. The van der Waals surface area contributed by atoms with Crippen LogP contribution in [0.4, 0.5) is 0 Å². The predicted molar refractivity (Wildman–Crippen MR) is 450 cm³/mol. The highest BCUT2D eigenvalue weighted by molar-refractivity contribution is 6.59. The van der Waals surface area contributed by atoms with Gasteiger partial charge in [-0.1, -0.05) is 190 Å². The second-order valence-electron chi connectivity index (χ2n) is 28.2. The molecule has 12 nitrogen and oxygen atoms in total. The molecule has 0 bridgehead atoms. The Hall–Kier alpha value is -11.5. The van der Waals surface area contributed by atoms with Crippen LogP contribution in [0, 0.1) is 0 Å². The Morgan fingerprint density at radius 2 is 0.370 bits per heavy atom. The van der Waals surface area contributed by atoms with Crippen LogP contribution in [-0.2, 0) is 0 Å². The SMILES string of the molecule is O=c1c2cc(Cl)c3c4c(Cl)cc5c(=O)n6c7cccc8cccc(nc6c6cc(Cl)c(c9c(Cl)cc(c2c39)c2nc3cccc9cccc(c93)n12)c4c56)c87.O=c1c2cc(Cl)c3c4c(Cl)cc5c6c(cc(Cl)c(c7c(Cl)cc(c2c37)c2nc3cccc7cccc(c73)n12)c46)c(=O)n1c2cccc3cccc(nc51)c32. The lowest BCUT2D eigenvalue weighted by Gasteiger charge is -2.23. The molecule has 504 valence electrons. The number of aromatic nitrogens is 8. The van der Waals surface area contributed by atoms with Gasteiger partial charge in [0.15, 0.2) is 0 Å². The third kappa shape index (κ3) is 7.12. The standard InChI is InChI=1S/2C44H16Cl4N4O2/c45-23-13-19-33-21(43(53)51-29-11-3-7-17-5-1-9-27(31(17)29)49-41(19)51)15-25(47)37-36-24(46)14-20-34-22(16-26(48)38(40(34)36)35(23)39(33)37)44(54)52-30-12-4-8-18-6-2-10-28(32(18)30)50-42(20)52;45-23-13-19-33-21(43(53)51-29-11-3-7-17-5-1-9-27(31(17)29)49-41(19)51)15-25(47)37-38-26(48)16-22-34-20(14-24(46)36(40(34)38)35(23)39(33)37)42-50-28-10-2-6-18-8-4-12-30(32(18)28)52(42)44(22)54/h2*1-16H. The van der Waals surface area contributed by atoms with Crippen molar-refractivity contribution < 1.29 is 0 Å². The number of halogens is 8. The monoisotopic (exact) mass is 1540 g/mol. The highest BCUT2D eigenvalue weighted by Gasteiger charge is 2.33. The molecular formula is C88H32Cl8N8O4. The molecule has 26 rings (SSSR count). The van der Waals surface area contributed by atoms with E-state index in [2.05, 4.69) is 0 Å². The summed E-state index contributed by atoms with van der Waals surface area (Å²) >= 11 is 58.9. The average Bonchev–Trinajstić information content (AvgIpc) is 0.673. The fraction of sp³-hybridized carbons (Fsp3) is 0. The molecule has 26 aromatic rings. The van der Waals surface area contributed by atoms with E-state index in [1.54, 1.807) is 41.9 Å². The molecular weight excluding hydrogens is 1520 g/mol. The van der Waals surface area contributed by atoms with Gasteiger partial charge < -0.3 is 0 Å². The highest BCUT2D eigenvalue weighted by Crippen LogP contribution is 2.57. The molecule has 8 aromatic heterocycles. The van der Waals surface area contributed by atoms with Crippen molar-refractivity contribution in [2.24, 2.45) is 0 Å². The van der Waals surface area contributed by atoms with Crippen LogP contribution in [0.3, 0.4) is 0 Å². The summed E-state index contributed by atoms with van der Waals surface area (Å²) in [6.45, 7) is 0. The van der Waals surface area contributed by atoms with Crippen molar-refractivity contribution in [1.82, 2.24) is 37.5 Å². The summed E-state index contributed by atoms with van der Waals surface area (Å²) in [7, 11) is 0. The number of pyridine rings is 4. The Kier molecular flexibility index (Phi) is 11.4. The van der Waals surface area contributed by atoms with E-state index in [-0.39, 0.29) is 22.2 Å². The molecule has 0 radical (unpaired) electrons. The van der Waals surface area contributed by atoms with Crippen LogP contribution in [0.5, 0.6) is 0 Å². The first-order chi connectivity index (χ1) is 52.6. The molecule has 0 amide bonds. The smallest absolute Gasteiger partial charge is 0.264 e. The van der Waals surface area contributed by atoms with E-state index in [0.29, 0.717) is 192 Å². The van der Waals surface area contributed by atoms with Crippen molar-refractivity contribution >= 4 is 332 Å². The van der Waals surface area contributed by atoms with Gasteiger partial charge in [0.25, 0.3) is 22.2 Å². The van der Waals surface area contributed by atoms with E-state index in [0.717, 1.165) is 87.2 Å². The molecule has 8 heterocycles. The summed E-state index contributed by atoms with van der Waals surface area (Å²) < 4.78 is 6.63. The van der Waals surface area contributed by atoms with Crippen LogP contribution >= 0.6 is 92.8 Å². The molecule has 0 spiro atoms. The molecule has 18 aromatic carbocycles. The third-order valence-corrected chi connectivity index (χ3v) is 25.5. The number of hydrogen-bond acceptors (Lipinski definition) is 8. The number of hydrogen-bond donors (Lipinski definition) is 0. The van der Waals surface area contributed by atoms with E-state index in [4.69, 9.17) is 113 Å². The van der Waals surface area contributed by atoms with E-state index < -0.39 is 0 Å². The molecule has 0 aliphatic heterocycles. The molecule has 0 unspecified atom stereocenters. The van der Waals surface area contributed by atoms with Crippen LogP contribution in [0.1, 0.15) is 0 Å². The topological polar surface area (TPSA) is 137 Å². The Balaban J connectivity index is 0.000000124. The first-order valence-electron chi connectivity index (χ1n) is 34.4. The normalized spacial score (nSPS) is 13.0. The summed E-state index contributed by atoms with van der Waals surface area (Å²) in [6, 6.07) is 61.5. The lowest BCUT2D eigenvalue weighted by atomic mass is 9.85. The molecule has 0 N–H and O–H groups in total. The van der Waals surface area contributed by atoms with Crippen LogP contribution in [0.2, 0.25) is 40.2 Å². The molecule has 0 atom stereocenters. The quantitative estimate of drug-likeness (QED) is 0.108. The largest absolute Gasteiger partial charge is 0.268 e. The predicted octanol–water partition coefficient (Wildman–Crippen LogP) is 24.3. The maximum absolute atomic E-state index is 14.7. The first kappa shape index (κ1) is 60.6. The Morgan fingerprint density at radius 3 is 0.565 bits per heavy atom. The zero-order valence-electron chi connectivity index (χ0n) is 54.7. The Morgan fingerprint density at radius 1 is 0.194 bits per heavy atom. The molecule has 0 aliphatic carbocycles. The maximum Gasteiger partial charge on any atom is 0.264 e. The van der Waals surface area contributed by atoms with E-state index >= 15 is 0 Å². The van der Waals surface area contributed by atoms with Gasteiger partial charge in [0.2, 0.25) is 0 Å². The number of fused-ring (bicyclic) bond motifs is 16.